The van der Waals surface area contributed by atoms with Gasteiger partial charge in [0, 0.05) is 122 Å². The summed E-state index contributed by atoms with van der Waals surface area (Å²) in [5.74, 6) is 2.61. The first-order chi connectivity index (χ1) is 58.4. The Morgan fingerprint density at radius 2 is 0.843 bits per heavy atom. The van der Waals surface area contributed by atoms with Gasteiger partial charge in [-0.05, 0) is 116 Å². The minimum absolute atomic E-state index is 0.0224. The van der Waals surface area contributed by atoms with E-state index in [9.17, 15) is 42.9 Å². The Hall–Kier alpha value is -15.0. The van der Waals surface area contributed by atoms with Crippen molar-refractivity contribution in [2.75, 3.05) is 71.8 Å². The number of nitrogens with one attached hydrogen (secondary N) is 3. The third kappa shape index (κ3) is 18.9. The van der Waals surface area contributed by atoms with E-state index in [2.05, 4.69) is 52.7 Å². The Morgan fingerprint density at radius 3 is 1.23 bits per heavy atom. The topological polar surface area (TPSA) is 327 Å². The van der Waals surface area contributed by atoms with Crippen LogP contribution >= 0.6 is 11.6 Å². The Kier molecular flexibility index (Phi) is 25.7. The van der Waals surface area contributed by atoms with Gasteiger partial charge in [-0.15, -0.1) is 0 Å². The van der Waals surface area contributed by atoms with Crippen molar-refractivity contribution in [3.8, 4) is 80.1 Å². The number of carboxylic acids is 3. The first-order valence-electron chi connectivity index (χ1n) is 36.5. The van der Waals surface area contributed by atoms with Gasteiger partial charge in [0.25, 0.3) is 0 Å². The first-order valence-corrected chi connectivity index (χ1v) is 36.9. The van der Waals surface area contributed by atoms with Gasteiger partial charge in [-0.25, -0.2) is 57.5 Å². The van der Waals surface area contributed by atoms with E-state index in [0.717, 1.165) is 28.3 Å². The third-order valence-electron chi connectivity index (χ3n) is 18.7. The molecule has 612 valence electrons. The lowest BCUT2D eigenvalue weighted by Crippen LogP contribution is -2.21. The molecule has 0 bridgehead atoms. The van der Waals surface area contributed by atoms with Crippen molar-refractivity contribution in [2.45, 2.75) is 32.7 Å². The summed E-state index contributed by atoms with van der Waals surface area (Å²) in [4.78, 5) is 75.9. The van der Waals surface area contributed by atoms with Crippen molar-refractivity contribution in [3.05, 3.63) is 289 Å². The van der Waals surface area contributed by atoms with Gasteiger partial charge in [0.1, 0.15) is 75.2 Å². The summed E-state index contributed by atoms with van der Waals surface area (Å²) >= 11 is 6.29. The van der Waals surface area contributed by atoms with Crippen LogP contribution in [0, 0.1) is 29.3 Å². The fraction of sp³-hybridized carbons (Fsp3) is 0.146. The number of aromatic carboxylic acids is 3. The smallest absolute Gasteiger partial charge is 0.422 e. The Morgan fingerprint density at radius 1 is 0.463 bits per heavy atom. The van der Waals surface area contributed by atoms with E-state index >= 15 is 13.2 Å². The van der Waals surface area contributed by atoms with Crippen LogP contribution < -0.4 is 44.4 Å². The lowest BCUT2D eigenvalue weighted by molar-refractivity contribution is -0.153. The second-order valence-corrected chi connectivity index (χ2v) is 26.8. The number of methoxy groups -OCH3 is 6. The SMILES string of the molecule is C/C=C/c1ccc2c(c1)C(c1c(F)cccc1OC)=NCc1cnc(Nc3ccc(C(=O)O)c(OC)c3)nc1-2.COCC#Cc1ccc2c(c1)C(c1c(F)cccc1OC)=NCc1cnc(Nc3ccc(C(=O)O)c(OC)c3)nc1-2.COc1cc(Nc2ncc3c(n2)-c2ccc(Cl)cc2C(c2c(F)cccc2OCC(F)(F)F)=NC3)ccc1C(=O)O. The van der Waals surface area contributed by atoms with E-state index in [0.29, 0.717) is 102 Å². The molecule has 25 nitrogen and oxygen atoms in total. The molecule has 0 amide bonds. The third-order valence-corrected chi connectivity index (χ3v) is 19.0. The standard InChI is InChI=1S/C31H25FN4O5.C30H25FN4O4.C28H19ClF4N4O4/c1-39-13-5-6-18-9-11-21-23(14-18)29(27-24(32)7-4-8-25(27)40-2)33-16-19-17-34-31(36-28(19)21)35-20-10-12-22(30(37)38)26(15-20)41-3;1-4-6-17-9-11-20-22(13-17)28(26-23(31)7-5-8-24(26)38-2)32-15-18-16-33-30(35-27(18)20)34-19-10-12-21(29(36)37)25(14-19)39-3;1-40-22-10-16(6-8-18(22)26(38)39)36-27-35-12-14-11-34-25(19-9-15(29)5-7-17(19)24(14)37-27)23-20(30)3-2-4-21(23)41-13-28(31,32)33/h4,7-12,14-15,17H,13,16H2,1-3H3,(H,37,38)(H,34,35,36);4-14,16H,15H2,1-3H3,(H,36,37)(H,33,34,35);2-10,12H,11,13H2,1H3,(H,38,39)(H,35,36,37)/b;6-4+;. The lowest BCUT2D eigenvalue weighted by Gasteiger charge is -2.17. The number of ether oxygens (including phenoxy) is 7. The molecule has 0 fully saturated rings. The summed E-state index contributed by atoms with van der Waals surface area (Å²) in [6.07, 6.45) is 4.12. The number of rotatable bonds is 21. The van der Waals surface area contributed by atoms with Gasteiger partial charge in [-0.3, -0.25) is 15.0 Å². The van der Waals surface area contributed by atoms with Gasteiger partial charge in [0.2, 0.25) is 17.8 Å². The van der Waals surface area contributed by atoms with Crippen LogP contribution in [-0.2, 0) is 24.4 Å². The van der Waals surface area contributed by atoms with Gasteiger partial charge in [-0.2, -0.15) is 13.2 Å². The van der Waals surface area contributed by atoms with Gasteiger partial charge >= 0.3 is 24.1 Å². The van der Waals surface area contributed by atoms with Crippen LogP contribution in [0.3, 0.4) is 0 Å². The van der Waals surface area contributed by atoms with Gasteiger partial charge in [0.15, 0.2) is 6.61 Å². The number of nitrogens with zero attached hydrogens (tertiary/aromatic N) is 9. The van der Waals surface area contributed by atoms with Crippen molar-refractivity contribution < 1.29 is 89.2 Å². The fourth-order valence-corrected chi connectivity index (χ4v) is 13.5. The van der Waals surface area contributed by atoms with Gasteiger partial charge in [0.05, 0.1) is 106 Å². The molecule has 0 unspecified atom stereocenters. The predicted octanol–water partition coefficient (Wildman–Crippen LogP) is 17.9. The molecule has 15 rings (SSSR count). The molecule has 6 N–H and O–H groups in total. The van der Waals surface area contributed by atoms with Crippen LogP contribution in [0.2, 0.25) is 5.02 Å². The highest BCUT2D eigenvalue weighted by Gasteiger charge is 2.33. The monoisotopic (exact) mass is 1660 g/mol. The quantitative estimate of drug-likeness (QED) is 0.0287. The van der Waals surface area contributed by atoms with Gasteiger partial charge in [-0.1, -0.05) is 78.1 Å². The second-order valence-electron chi connectivity index (χ2n) is 26.4. The van der Waals surface area contributed by atoms with E-state index < -0.39 is 48.1 Å². The summed E-state index contributed by atoms with van der Waals surface area (Å²) < 4.78 is 121. The maximum absolute atomic E-state index is 15.3. The molecule has 0 aliphatic carbocycles. The largest absolute Gasteiger partial charge is 0.496 e. The van der Waals surface area contributed by atoms with E-state index in [1.54, 1.807) is 80.2 Å². The Bertz CT molecular complexity index is 6280. The molecule has 0 saturated heterocycles. The zero-order valence-electron chi connectivity index (χ0n) is 65.1. The molecule has 0 radical (unpaired) electrons. The molecule has 121 heavy (non-hydrogen) atoms. The lowest BCUT2D eigenvalue weighted by atomic mass is 9.92. The summed E-state index contributed by atoms with van der Waals surface area (Å²) in [6, 6.07) is 42.8. The summed E-state index contributed by atoms with van der Waals surface area (Å²) in [7, 11) is 8.71. The number of aliphatic imine (C=N–C) groups is 3. The number of allylic oxidation sites excluding steroid dienone is 1. The maximum atomic E-state index is 15.3. The van der Waals surface area contributed by atoms with Crippen molar-refractivity contribution in [2.24, 2.45) is 15.0 Å². The van der Waals surface area contributed by atoms with Crippen molar-refractivity contribution in [1.29, 1.82) is 0 Å². The molecule has 0 spiro atoms. The number of aromatic nitrogens is 6. The molecular formula is C89H69ClF6N12O13. The minimum atomic E-state index is -4.64. The number of alkyl halides is 3. The van der Waals surface area contributed by atoms with Crippen LogP contribution in [0.5, 0.6) is 34.5 Å². The van der Waals surface area contributed by atoms with Crippen LogP contribution in [0.4, 0.5) is 61.2 Å². The average molecular weight is 1660 g/mol. The molecule has 12 aromatic rings. The molecule has 3 aromatic heterocycles. The molecule has 3 aliphatic heterocycles. The van der Waals surface area contributed by atoms with Crippen LogP contribution in [-0.4, -0.2) is 142 Å². The number of benzene rings is 9. The van der Waals surface area contributed by atoms with Gasteiger partial charge < -0.3 is 64.4 Å². The summed E-state index contributed by atoms with van der Waals surface area (Å²) in [5.41, 5.74) is 11.8. The van der Waals surface area contributed by atoms with Crippen molar-refractivity contribution in [1.82, 2.24) is 29.9 Å². The highest BCUT2D eigenvalue weighted by atomic mass is 35.5. The normalized spacial score (nSPS) is 12.1. The van der Waals surface area contributed by atoms with Crippen LogP contribution in [0.15, 0.2) is 203 Å². The second kappa shape index (κ2) is 37.1. The zero-order chi connectivity index (χ0) is 85.8. The Balaban J connectivity index is 0.000000157. The number of hydrogen-bond donors (Lipinski definition) is 6. The highest BCUT2D eigenvalue weighted by Crippen LogP contribution is 2.42. The number of carbonyl (C=O) groups is 3. The van der Waals surface area contributed by atoms with Crippen LogP contribution in [0.25, 0.3) is 39.8 Å². The van der Waals surface area contributed by atoms with Crippen molar-refractivity contribution in [3.63, 3.8) is 0 Å². The average Bonchev–Trinajstić information content (AvgIpc) is 1.68. The minimum Gasteiger partial charge on any atom is -0.496 e. The number of fused-ring (bicyclic) bond motifs is 9. The fourth-order valence-electron chi connectivity index (χ4n) is 13.3. The maximum Gasteiger partial charge on any atom is 0.422 e. The number of anilines is 6. The molecule has 0 atom stereocenters. The zero-order valence-corrected chi connectivity index (χ0v) is 65.9. The van der Waals surface area contributed by atoms with E-state index in [1.807, 2.05) is 55.5 Å². The molecule has 32 heteroatoms. The molecular weight excluding hydrogens is 1590 g/mol. The van der Waals surface area contributed by atoms with E-state index in [1.165, 1.54) is 102 Å². The molecule has 3 aliphatic rings. The number of halogens is 7. The number of carboxylic acid groups (broad SMARTS) is 3. The predicted molar refractivity (Wildman–Crippen MR) is 442 cm³/mol. The van der Waals surface area contributed by atoms with E-state index in [-0.39, 0.29) is 105 Å². The molecule has 6 heterocycles. The van der Waals surface area contributed by atoms with Crippen molar-refractivity contribution >= 4 is 87.6 Å². The summed E-state index contributed by atoms with van der Waals surface area (Å²) in [6.45, 7) is 0.991. The Labute approximate surface area is 691 Å². The highest BCUT2D eigenvalue weighted by molar-refractivity contribution is 6.32. The van der Waals surface area contributed by atoms with E-state index in [4.69, 9.17) is 64.7 Å². The number of hydrogen-bond acceptors (Lipinski definition) is 22. The molecule has 0 saturated carbocycles. The summed E-state index contributed by atoms with van der Waals surface area (Å²) in [5, 5.41) is 37.6. The van der Waals surface area contributed by atoms with Crippen LogP contribution in [0.1, 0.15) is 99.2 Å². The molecule has 9 aromatic carbocycles. The first kappa shape index (κ1) is 83.9.